The minimum absolute atomic E-state index is 0.148. The van der Waals surface area contributed by atoms with Crippen LogP contribution in [-0.2, 0) is 5.75 Å². The lowest BCUT2D eigenvalue weighted by molar-refractivity contribution is 0.623. The Kier molecular flexibility index (Phi) is 4.49. The van der Waals surface area contributed by atoms with Crippen LogP contribution in [0.5, 0.6) is 0 Å². The summed E-state index contributed by atoms with van der Waals surface area (Å²) >= 11 is 2.03. The lowest BCUT2D eigenvalue weighted by Crippen LogP contribution is -2.10. The maximum atomic E-state index is 7.33. The maximum Gasteiger partial charge on any atom is 0.122 e. The molecule has 1 aromatic rings. The van der Waals surface area contributed by atoms with Gasteiger partial charge in [-0.25, -0.2) is 0 Å². The third-order valence-electron chi connectivity index (χ3n) is 3.36. The van der Waals surface area contributed by atoms with Crippen LogP contribution < -0.4 is 5.73 Å². The molecule has 0 atom stereocenters. The van der Waals surface area contributed by atoms with E-state index in [4.69, 9.17) is 11.1 Å². The number of nitrogens with one attached hydrogen (secondary N) is 1. The molecule has 2 rings (SSSR count). The Bertz CT molecular complexity index is 366. The minimum Gasteiger partial charge on any atom is -0.384 e. The van der Waals surface area contributed by atoms with Gasteiger partial charge in [-0.15, -0.1) is 0 Å². The summed E-state index contributed by atoms with van der Waals surface area (Å²) in [5.41, 5.74) is 7.57. The minimum atomic E-state index is 0.148. The summed E-state index contributed by atoms with van der Waals surface area (Å²) in [5.74, 6) is 3.48. The molecule has 0 unspecified atom stereocenters. The van der Waals surface area contributed by atoms with Crippen LogP contribution in [0.25, 0.3) is 0 Å². The zero-order valence-corrected chi connectivity index (χ0v) is 10.9. The van der Waals surface area contributed by atoms with Crippen LogP contribution in [0, 0.1) is 11.3 Å². The van der Waals surface area contributed by atoms with Gasteiger partial charge in [-0.1, -0.05) is 37.1 Å². The van der Waals surface area contributed by atoms with Gasteiger partial charge < -0.3 is 5.73 Å². The van der Waals surface area contributed by atoms with E-state index in [1.165, 1.54) is 37.0 Å². The van der Waals surface area contributed by atoms with Gasteiger partial charge in [-0.3, -0.25) is 5.41 Å². The van der Waals surface area contributed by atoms with Gasteiger partial charge in [-0.05, 0) is 30.1 Å². The number of benzene rings is 1. The van der Waals surface area contributed by atoms with E-state index in [-0.39, 0.29) is 5.84 Å². The number of hydrogen-bond donors (Lipinski definition) is 2. The molecular formula is C14H20N2S. The number of hydrogen-bond acceptors (Lipinski definition) is 2. The largest absolute Gasteiger partial charge is 0.384 e. The monoisotopic (exact) mass is 248 g/mol. The fraction of sp³-hybridized carbons (Fsp3) is 0.500. The molecule has 0 radical (unpaired) electrons. The number of nitrogens with two attached hydrogens (primary N) is 1. The number of rotatable bonds is 5. The SMILES string of the molecule is N=C(N)c1ccc(CSCC2CCCC2)cc1. The van der Waals surface area contributed by atoms with Crippen molar-refractivity contribution in [2.24, 2.45) is 11.7 Å². The molecule has 0 aliphatic heterocycles. The summed E-state index contributed by atoms with van der Waals surface area (Å²) in [4.78, 5) is 0. The second kappa shape index (κ2) is 6.10. The molecule has 1 fully saturated rings. The van der Waals surface area contributed by atoms with Crippen molar-refractivity contribution in [2.45, 2.75) is 31.4 Å². The number of thioether (sulfide) groups is 1. The van der Waals surface area contributed by atoms with E-state index in [1.807, 2.05) is 23.9 Å². The van der Waals surface area contributed by atoms with Gasteiger partial charge in [0.1, 0.15) is 5.84 Å². The summed E-state index contributed by atoms with van der Waals surface area (Å²) in [6, 6.07) is 8.04. The van der Waals surface area contributed by atoms with E-state index in [0.29, 0.717) is 0 Å². The topological polar surface area (TPSA) is 49.9 Å². The Morgan fingerprint density at radius 3 is 2.47 bits per heavy atom. The van der Waals surface area contributed by atoms with Crippen molar-refractivity contribution in [3.8, 4) is 0 Å². The van der Waals surface area contributed by atoms with Crippen molar-refractivity contribution in [3.63, 3.8) is 0 Å². The zero-order valence-electron chi connectivity index (χ0n) is 10.1. The quantitative estimate of drug-likeness (QED) is 0.620. The first-order valence-electron chi connectivity index (χ1n) is 6.27. The molecule has 1 saturated carbocycles. The molecule has 1 aromatic carbocycles. The molecule has 17 heavy (non-hydrogen) atoms. The van der Waals surface area contributed by atoms with Crippen molar-refractivity contribution in [3.05, 3.63) is 35.4 Å². The summed E-state index contributed by atoms with van der Waals surface area (Å²) in [6.07, 6.45) is 5.71. The molecule has 92 valence electrons. The highest BCUT2D eigenvalue weighted by Gasteiger charge is 2.14. The molecule has 0 saturated heterocycles. The first kappa shape index (κ1) is 12.5. The lowest BCUT2D eigenvalue weighted by Gasteiger charge is -2.08. The molecule has 0 bridgehead atoms. The third-order valence-corrected chi connectivity index (χ3v) is 4.61. The summed E-state index contributed by atoms with van der Waals surface area (Å²) in [7, 11) is 0. The highest BCUT2D eigenvalue weighted by molar-refractivity contribution is 7.98. The molecule has 0 heterocycles. The normalized spacial score (nSPS) is 16.2. The molecule has 0 aromatic heterocycles. The Morgan fingerprint density at radius 2 is 1.88 bits per heavy atom. The van der Waals surface area contributed by atoms with Crippen LogP contribution in [0.2, 0.25) is 0 Å². The smallest absolute Gasteiger partial charge is 0.122 e. The van der Waals surface area contributed by atoms with Crippen LogP contribution in [0.15, 0.2) is 24.3 Å². The predicted octanol–water partition coefficient (Wildman–Crippen LogP) is 3.39. The number of nitrogen functional groups attached to an aromatic ring is 1. The highest BCUT2D eigenvalue weighted by atomic mass is 32.2. The van der Waals surface area contributed by atoms with Crippen molar-refractivity contribution in [1.29, 1.82) is 5.41 Å². The van der Waals surface area contributed by atoms with Gasteiger partial charge in [0.25, 0.3) is 0 Å². The molecule has 1 aliphatic rings. The van der Waals surface area contributed by atoms with Gasteiger partial charge in [0.05, 0.1) is 0 Å². The van der Waals surface area contributed by atoms with E-state index in [0.717, 1.165) is 17.2 Å². The average Bonchev–Trinajstić information content (AvgIpc) is 2.83. The van der Waals surface area contributed by atoms with E-state index in [9.17, 15) is 0 Å². The maximum absolute atomic E-state index is 7.33. The molecule has 3 N–H and O–H groups in total. The molecular weight excluding hydrogens is 228 g/mol. The second-order valence-electron chi connectivity index (χ2n) is 4.78. The molecule has 0 spiro atoms. The molecule has 2 nitrogen and oxygen atoms in total. The zero-order chi connectivity index (χ0) is 12.1. The van der Waals surface area contributed by atoms with Crippen molar-refractivity contribution < 1.29 is 0 Å². The third kappa shape index (κ3) is 3.77. The highest BCUT2D eigenvalue weighted by Crippen LogP contribution is 2.28. The van der Waals surface area contributed by atoms with Crippen LogP contribution in [0.4, 0.5) is 0 Å². The number of amidine groups is 1. The second-order valence-corrected chi connectivity index (χ2v) is 5.81. The molecule has 3 heteroatoms. The van der Waals surface area contributed by atoms with Crippen LogP contribution in [0.1, 0.15) is 36.8 Å². The van der Waals surface area contributed by atoms with Crippen molar-refractivity contribution >= 4 is 17.6 Å². The Morgan fingerprint density at radius 1 is 1.24 bits per heavy atom. The lowest BCUT2D eigenvalue weighted by atomic mass is 10.1. The summed E-state index contributed by atoms with van der Waals surface area (Å²) in [6.45, 7) is 0. The van der Waals surface area contributed by atoms with E-state index in [2.05, 4.69) is 12.1 Å². The summed E-state index contributed by atoms with van der Waals surface area (Å²) in [5, 5.41) is 7.33. The van der Waals surface area contributed by atoms with Gasteiger partial charge in [0, 0.05) is 11.3 Å². The average molecular weight is 248 g/mol. The van der Waals surface area contributed by atoms with Crippen molar-refractivity contribution in [1.82, 2.24) is 0 Å². The van der Waals surface area contributed by atoms with E-state index < -0.39 is 0 Å². The van der Waals surface area contributed by atoms with Gasteiger partial charge >= 0.3 is 0 Å². The predicted molar refractivity (Wildman–Crippen MR) is 75.6 cm³/mol. The standard InChI is InChI=1S/C14H20N2S/c15-14(16)13-7-5-12(6-8-13)10-17-9-11-3-1-2-4-11/h5-8,11H,1-4,9-10H2,(H3,15,16). The van der Waals surface area contributed by atoms with Gasteiger partial charge in [-0.2, -0.15) is 11.8 Å². The van der Waals surface area contributed by atoms with Crippen molar-refractivity contribution in [2.75, 3.05) is 5.75 Å². The fourth-order valence-corrected chi connectivity index (χ4v) is 3.51. The summed E-state index contributed by atoms with van der Waals surface area (Å²) < 4.78 is 0. The van der Waals surface area contributed by atoms with Crippen LogP contribution in [0.3, 0.4) is 0 Å². The fourth-order valence-electron chi connectivity index (χ4n) is 2.30. The van der Waals surface area contributed by atoms with Crippen LogP contribution in [-0.4, -0.2) is 11.6 Å². The Balaban J connectivity index is 1.76. The molecule has 1 aliphatic carbocycles. The first-order chi connectivity index (χ1) is 8.25. The first-order valence-corrected chi connectivity index (χ1v) is 7.42. The molecule has 0 amide bonds. The van der Waals surface area contributed by atoms with E-state index >= 15 is 0 Å². The van der Waals surface area contributed by atoms with Gasteiger partial charge in [0.15, 0.2) is 0 Å². The van der Waals surface area contributed by atoms with E-state index in [1.54, 1.807) is 0 Å². The van der Waals surface area contributed by atoms with Crippen LogP contribution >= 0.6 is 11.8 Å². The van der Waals surface area contributed by atoms with Gasteiger partial charge in [0.2, 0.25) is 0 Å². The Hall–Kier alpha value is -0.960. The Labute approximate surface area is 107 Å².